The highest BCUT2D eigenvalue weighted by Crippen LogP contribution is 2.30. The number of aliphatic hydroxyl groups is 1. The first-order valence-corrected chi connectivity index (χ1v) is 6.91. The van der Waals surface area contributed by atoms with Crippen LogP contribution in [0.3, 0.4) is 0 Å². The van der Waals surface area contributed by atoms with E-state index in [0.717, 1.165) is 22.0 Å². The van der Waals surface area contributed by atoms with Crippen molar-refractivity contribution >= 4 is 15.9 Å². The molecule has 1 atom stereocenters. The van der Waals surface area contributed by atoms with Gasteiger partial charge in [-0.1, -0.05) is 59.3 Å². The first kappa shape index (κ1) is 13.3. The van der Waals surface area contributed by atoms with E-state index in [0.29, 0.717) is 0 Å². The zero-order chi connectivity index (χ0) is 13.2. The number of halogens is 1. The van der Waals surface area contributed by atoms with Crippen LogP contribution in [0.2, 0.25) is 0 Å². The third-order valence-electron chi connectivity index (χ3n) is 3.33. The summed E-state index contributed by atoms with van der Waals surface area (Å²) in [6, 6.07) is 15.9. The number of aryl methyl sites for hydroxylation is 1. The lowest BCUT2D eigenvalue weighted by Gasteiger charge is -2.24. The molecule has 0 amide bonds. The highest BCUT2D eigenvalue weighted by molar-refractivity contribution is 9.10. The van der Waals surface area contributed by atoms with Gasteiger partial charge in [0.1, 0.15) is 5.60 Å². The van der Waals surface area contributed by atoms with Gasteiger partial charge in [-0.2, -0.15) is 0 Å². The Morgan fingerprint density at radius 3 is 1.83 bits per heavy atom. The second-order valence-corrected chi connectivity index (χ2v) is 5.55. The third kappa shape index (κ3) is 2.65. The molecule has 0 fully saturated rings. The maximum absolute atomic E-state index is 10.7. The minimum atomic E-state index is -0.951. The van der Waals surface area contributed by atoms with E-state index < -0.39 is 5.60 Å². The summed E-state index contributed by atoms with van der Waals surface area (Å²) < 4.78 is 1.02. The van der Waals surface area contributed by atoms with E-state index in [1.807, 2.05) is 43.3 Å². The highest BCUT2D eigenvalue weighted by atomic mass is 79.9. The SMILES string of the molecule is CCc1ccc(C(C)(O)c2ccc(Br)cc2)cc1. The largest absolute Gasteiger partial charge is 0.381 e. The van der Waals surface area contributed by atoms with Gasteiger partial charge < -0.3 is 5.11 Å². The minimum Gasteiger partial charge on any atom is -0.381 e. The molecule has 1 nitrogen and oxygen atoms in total. The molecule has 0 spiro atoms. The Hall–Kier alpha value is -1.12. The van der Waals surface area contributed by atoms with Crippen LogP contribution >= 0.6 is 15.9 Å². The molecule has 2 aromatic rings. The van der Waals surface area contributed by atoms with Gasteiger partial charge in [0.15, 0.2) is 0 Å². The summed E-state index contributed by atoms with van der Waals surface area (Å²) in [5.74, 6) is 0. The van der Waals surface area contributed by atoms with Crippen molar-refractivity contribution in [2.45, 2.75) is 25.9 Å². The van der Waals surface area contributed by atoms with Gasteiger partial charge in [-0.15, -0.1) is 0 Å². The van der Waals surface area contributed by atoms with E-state index in [4.69, 9.17) is 0 Å². The predicted octanol–water partition coefficient (Wildman–Crippen LogP) is 4.27. The Bertz CT molecular complexity index is 512. The van der Waals surface area contributed by atoms with E-state index in [9.17, 15) is 5.11 Å². The molecule has 2 heteroatoms. The Morgan fingerprint density at radius 1 is 0.944 bits per heavy atom. The molecule has 1 N–H and O–H groups in total. The molecule has 1 unspecified atom stereocenters. The van der Waals surface area contributed by atoms with Crippen LogP contribution in [0.15, 0.2) is 53.0 Å². The van der Waals surface area contributed by atoms with E-state index >= 15 is 0 Å². The standard InChI is InChI=1S/C16H17BrO/c1-3-12-4-6-13(7-5-12)16(2,18)14-8-10-15(17)11-9-14/h4-11,18H,3H2,1-2H3. The van der Waals surface area contributed by atoms with Crippen LogP contribution in [-0.4, -0.2) is 5.11 Å². The lowest BCUT2D eigenvalue weighted by molar-refractivity contribution is 0.102. The van der Waals surface area contributed by atoms with Crippen LogP contribution < -0.4 is 0 Å². The highest BCUT2D eigenvalue weighted by Gasteiger charge is 2.25. The van der Waals surface area contributed by atoms with Gasteiger partial charge in [-0.3, -0.25) is 0 Å². The molecule has 0 radical (unpaired) electrons. The Labute approximate surface area is 117 Å². The molecule has 0 aliphatic carbocycles. The summed E-state index contributed by atoms with van der Waals surface area (Å²) in [5, 5.41) is 10.7. The van der Waals surface area contributed by atoms with Gasteiger partial charge in [-0.05, 0) is 42.2 Å². The molecule has 0 bridgehead atoms. The zero-order valence-electron chi connectivity index (χ0n) is 10.7. The first-order valence-electron chi connectivity index (χ1n) is 6.12. The Balaban J connectivity index is 2.37. The fraction of sp³-hybridized carbons (Fsp3) is 0.250. The van der Waals surface area contributed by atoms with Gasteiger partial charge >= 0.3 is 0 Å². The molecule has 18 heavy (non-hydrogen) atoms. The van der Waals surface area contributed by atoms with Gasteiger partial charge in [0.25, 0.3) is 0 Å². The quantitative estimate of drug-likeness (QED) is 0.898. The predicted molar refractivity (Wildman–Crippen MR) is 78.6 cm³/mol. The maximum atomic E-state index is 10.7. The number of rotatable bonds is 3. The molecule has 0 aromatic heterocycles. The van der Waals surface area contributed by atoms with Crippen molar-refractivity contribution in [2.24, 2.45) is 0 Å². The summed E-state index contributed by atoms with van der Waals surface area (Å²) in [6.45, 7) is 3.96. The lowest BCUT2D eigenvalue weighted by Crippen LogP contribution is -2.22. The third-order valence-corrected chi connectivity index (χ3v) is 3.86. The first-order chi connectivity index (χ1) is 8.54. The molecule has 0 saturated carbocycles. The van der Waals surface area contributed by atoms with Crippen LogP contribution in [-0.2, 0) is 12.0 Å². The van der Waals surface area contributed by atoms with Crippen molar-refractivity contribution in [1.82, 2.24) is 0 Å². The topological polar surface area (TPSA) is 20.2 Å². The molecule has 2 aromatic carbocycles. The molecule has 0 saturated heterocycles. The molecular formula is C16H17BrO. The second-order valence-electron chi connectivity index (χ2n) is 4.63. The van der Waals surface area contributed by atoms with E-state index in [1.54, 1.807) is 0 Å². The van der Waals surface area contributed by atoms with Crippen molar-refractivity contribution in [3.05, 3.63) is 69.7 Å². The van der Waals surface area contributed by atoms with Gasteiger partial charge in [0, 0.05) is 4.47 Å². The summed E-state index contributed by atoms with van der Waals surface area (Å²) in [5.41, 5.74) is 2.15. The number of hydrogen-bond donors (Lipinski definition) is 1. The van der Waals surface area contributed by atoms with Crippen LogP contribution in [0.5, 0.6) is 0 Å². The smallest absolute Gasteiger partial charge is 0.112 e. The Morgan fingerprint density at radius 2 is 1.39 bits per heavy atom. The fourth-order valence-electron chi connectivity index (χ4n) is 2.01. The zero-order valence-corrected chi connectivity index (χ0v) is 12.2. The van der Waals surface area contributed by atoms with Crippen LogP contribution in [0.4, 0.5) is 0 Å². The van der Waals surface area contributed by atoms with Crippen molar-refractivity contribution in [2.75, 3.05) is 0 Å². The number of hydrogen-bond acceptors (Lipinski definition) is 1. The molecule has 94 valence electrons. The molecular weight excluding hydrogens is 288 g/mol. The summed E-state index contributed by atoms with van der Waals surface area (Å²) in [4.78, 5) is 0. The van der Waals surface area contributed by atoms with E-state index in [2.05, 4.69) is 35.0 Å². The van der Waals surface area contributed by atoms with Crippen molar-refractivity contribution < 1.29 is 5.11 Å². The van der Waals surface area contributed by atoms with E-state index in [-0.39, 0.29) is 0 Å². The van der Waals surface area contributed by atoms with Crippen molar-refractivity contribution in [3.8, 4) is 0 Å². The van der Waals surface area contributed by atoms with E-state index in [1.165, 1.54) is 5.56 Å². The number of benzene rings is 2. The second kappa shape index (κ2) is 5.25. The van der Waals surface area contributed by atoms with Crippen LogP contribution in [0.1, 0.15) is 30.5 Å². The minimum absolute atomic E-state index is 0.898. The summed E-state index contributed by atoms with van der Waals surface area (Å²) in [6.07, 6.45) is 1.01. The van der Waals surface area contributed by atoms with Crippen molar-refractivity contribution in [1.29, 1.82) is 0 Å². The molecule has 0 aliphatic heterocycles. The van der Waals surface area contributed by atoms with Gasteiger partial charge in [-0.25, -0.2) is 0 Å². The normalized spacial score (nSPS) is 14.2. The average Bonchev–Trinajstić information content (AvgIpc) is 2.39. The molecule has 0 heterocycles. The molecule has 2 rings (SSSR count). The summed E-state index contributed by atoms with van der Waals surface area (Å²) >= 11 is 3.41. The van der Waals surface area contributed by atoms with Crippen LogP contribution in [0, 0.1) is 0 Å². The monoisotopic (exact) mass is 304 g/mol. The van der Waals surface area contributed by atoms with Gasteiger partial charge in [0.2, 0.25) is 0 Å². The average molecular weight is 305 g/mol. The lowest BCUT2D eigenvalue weighted by atomic mass is 9.88. The van der Waals surface area contributed by atoms with Crippen molar-refractivity contribution in [3.63, 3.8) is 0 Å². The fourth-order valence-corrected chi connectivity index (χ4v) is 2.27. The van der Waals surface area contributed by atoms with Gasteiger partial charge in [0.05, 0.1) is 0 Å². The maximum Gasteiger partial charge on any atom is 0.112 e. The Kier molecular flexibility index (Phi) is 3.88. The van der Waals surface area contributed by atoms with Crippen LogP contribution in [0.25, 0.3) is 0 Å². The molecule has 0 aliphatic rings. The summed E-state index contributed by atoms with van der Waals surface area (Å²) in [7, 11) is 0.